The minimum atomic E-state index is -0.926. The summed E-state index contributed by atoms with van der Waals surface area (Å²) >= 11 is 7.32. The fraction of sp³-hybridized carbons (Fsp3) is 0.538. The standard InChI is InChI=1S/C13H17ClN2O3S/c14-11-5-4-9(20-11)6-7-15-13(19)16-8-2-1-3-10(16)12(17)18/h4-5,10H,1-3,6-8H2,(H,15,19)(H,17,18). The average molecular weight is 317 g/mol. The summed E-state index contributed by atoms with van der Waals surface area (Å²) in [6, 6.07) is 2.77. The highest BCUT2D eigenvalue weighted by Gasteiger charge is 2.31. The van der Waals surface area contributed by atoms with Gasteiger partial charge in [-0.05, 0) is 37.8 Å². The number of halogens is 1. The SMILES string of the molecule is O=C(O)C1CCCCN1C(=O)NCCc1ccc(Cl)s1. The van der Waals surface area contributed by atoms with E-state index >= 15 is 0 Å². The highest BCUT2D eigenvalue weighted by Crippen LogP contribution is 2.21. The number of carboxylic acids is 1. The van der Waals surface area contributed by atoms with Crippen molar-refractivity contribution in [3.05, 3.63) is 21.3 Å². The molecule has 1 saturated heterocycles. The third-order valence-corrected chi connectivity index (χ3v) is 4.62. The molecule has 1 aromatic rings. The molecule has 2 heterocycles. The largest absolute Gasteiger partial charge is 0.480 e. The summed E-state index contributed by atoms with van der Waals surface area (Å²) in [5.74, 6) is -0.926. The van der Waals surface area contributed by atoms with Crippen molar-refractivity contribution in [3.63, 3.8) is 0 Å². The Kier molecular flexibility index (Phi) is 5.25. The first-order chi connectivity index (χ1) is 9.58. The quantitative estimate of drug-likeness (QED) is 0.897. The smallest absolute Gasteiger partial charge is 0.326 e. The van der Waals surface area contributed by atoms with Gasteiger partial charge in [0.1, 0.15) is 6.04 Å². The zero-order valence-corrected chi connectivity index (χ0v) is 12.5. The van der Waals surface area contributed by atoms with Crippen LogP contribution in [0.25, 0.3) is 0 Å². The predicted octanol–water partition coefficient (Wildman–Crippen LogP) is 2.59. The maximum absolute atomic E-state index is 12.0. The number of hydrogen-bond donors (Lipinski definition) is 2. The van der Waals surface area contributed by atoms with Gasteiger partial charge >= 0.3 is 12.0 Å². The number of nitrogens with zero attached hydrogens (tertiary/aromatic N) is 1. The van der Waals surface area contributed by atoms with E-state index in [9.17, 15) is 9.59 Å². The van der Waals surface area contributed by atoms with Crippen LogP contribution in [0.15, 0.2) is 12.1 Å². The second kappa shape index (κ2) is 6.95. The van der Waals surface area contributed by atoms with Crippen LogP contribution in [0, 0.1) is 0 Å². The molecule has 1 aliphatic rings. The Labute approximate surface area is 126 Å². The average Bonchev–Trinajstić information content (AvgIpc) is 2.84. The number of hydrogen-bond acceptors (Lipinski definition) is 3. The van der Waals surface area contributed by atoms with E-state index in [0.29, 0.717) is 25.9 Å². The minimum absolute atomic E-state index is 0.292. The van der Waals surface area contributed by atoms with Gasteiger partial charge in [0.25, 0.3) is 0 Å². The molecule has 1 aliphatic heterocycles. The fourth-order valence-electron chi connectivity index (χ4n) is 2.31. The Hall–Kier alpha value is -1.27. The van der Waals surface area contributed by atoms with Crippen molar-refractivity contribution in [1.29, 1.82) is 0 Å². The predicted molar refractivity (Wildman–Crippen MR) is 78.4 cm³/mol. The van der Waals surface area contributed by atoms with Crippen molar-refractivity contribution in [3.8, 4) is 0 Å². The van der Waals surface area contributed by atoms with E-state index in [1.165, 1.54) is 16.2 Å². The molecule has 20 heavy (non-hydrogen) atoms. The molecule has 1 atom stereocenters. The highest BCUT2D eigenvalue weighted by molar-refractivity contribution is 7.16. The van der Waals surface area contributed by atoms with Crippen molar-refractivity contribution in [2.24, 2.45) is 0 Å². The van der Waals surface area contributed by atoms with Gasteiger partial charge in [-0.3, -0.25) is 0 Å². The summed E-state index contributed by atoms with van der Waals surface area (Å²) in [6.45, 7) is 0.992. The van der Waals surface area contributed by atoms with Crippen LogP contribution in [0.1, 0.15) is 24.1 Å². The molecule has 110 valence electrons. The van der Waals surface area contributed by atoms with Crippen LogP contribution in [0.5, 0.6) is 0 Å². The van der Waals surface area contributed by atoms with Gasteiger partial charge in [0.05, 0.1) is 4.34 Å². The van der Waals surface area contributed by atoms with Gasteiger partial charge in [-0.2, -0.15) is 0 Å². The molecule has 1 fully saturated rings. The first-order valence-corrected chi connectivity index (χ1v) is 7.79. The van der Waals surface area contributed by atoms with Gasteiger partial charge in [-0.25, -0.2) is 9.59 Å². The lowest BCUT2D eigenvalue weighted by Crippen LogP contribution is -2.52. The van der Waals surface area contributed by atoms with E-state index in [4.69, 9.17) is 16.7 Å². The first kappa shape index (κ1) is 15.1. The number of carbonyl (C=O) groups is 2. The first-order valence-electron chi connectivity index (χ1n) is 6.59. The van der Waals surface area contributed by atoms with Crippen LogP contribution >= 0.6 is 22.9 Å². The molecule has 1 unspecified atom stereocenters. The maximum Gasteiger partial charge on any atom is 0.326 e. The maximum atomic E-state index is 12.0. The van der Waals surface area contributed by atoms with Crippen LogP contribution in [-0.4, -0.2) is 41.1 Å². The number of likely N-dealkylation sites (tertiary alicyclic amines) is 1. The van der Waals surface area contributed by atoms with E-state index in [2.05, 4.69) is 5.32 Å². The van der Waals surface area contributed by atoms with E-state index in [0.717, 1.165) is 22.1 Å². The number of carbonyl (C=O) groups excluding carboxylic acids is 1. The number of urea groups is 1. The number of piperidine rings is 1. The molecule has 7 heteroatoms. The number of thiophene rings is 1. The molecule has 0 radical (unpaired) electrons. The third-order valence-electron chi connectivity index (χ3n) is 3.33. The van der Waals surface area contributed by atoms with Crippen molar-refractivity contribution < 1.29 is 14.7 Å². The lowest BCUT2D eigenvalue weighted by Gasteiger charge is -2.32. The summed E-state index contributed by atoms with van der Waals surface area (Å²) in [7, 11) is 0. The summed E-state index contributed by atoms with van der Waals surface area (Å²) in [6.07, 6.45) is 2.95. The Balaban J connectivity index is 1.82. The number of carboxylic acid groups (broad SMARTS) is 1. The van der Waals surface area contributed by atoms with Crippen LogP contribution in [-0.2, 0) is 11.2 Å². The highest BCUT2D eigenvalue weighted by atomic mass is 35.5. The summed E-state index contributed by atoms with van der Waals surface area (Å²) in [5.41, 5.74) is 0. The molecular formula is C13H17ClN2O3S. The number of nitrogens with one attached hydrogen (secondary N) is 1. The Morgan fingerprint density at radius 3 is 2.90 bits per heavy atom. The Bertz CT molecular complexity index is 492. The molecule has 1 aromatic heterocycles. The van der Waals surface area contributed by atoms with Crippen LogP contribution in [0.3, 0.4) is 0 Å². The Morgan fingerprint density at radius 1 is 1.45 bits per heavy atom. The zero-order chi connectivity index (χ0) is 14.5. The van der Waals surface area contributed by atoms with Crippen molar-refractivity contribution >= 4 is 34.9 Å². The molecule has 0 bridgehead atoms. The molecule has 0 aliphatic carbocycles. The van der Waals surface area contributed by atoms with Crippen molar-refractivity contribution in [2.75, 3.05) is 13.1 Å². The fourth-order valence-corrected chi connectivity index (χ4v) is 3.40. The molecule has 2 amide bonds. The molecule has 2 N–H and O–H groups in total. The van der Waals surface area contributed by atoms with Gasteiger partial charge in [-0.1, -0.05) is 11.6 Å². The Morgan fingerprint density at radius 2 is 2.25 bits per heavy atom. The zero-order valence-electron chi connectivity index (χ0n) is 11.0. The van der Waals surface area contributed by atoms with Gasteiger partial charge in [0.15, 0.2) is 0 Å². The lowest BCUT2D eigenvalue weighted by atomic mass is 10.0. The van der Waals surface area contributed by atoms with E-state index in [1.807, 2.05) is 12.1 Å². The lowest BCUT2D eigenvalue weighted by molar-refractivity contribution is -0.143. The van der Waals surface area contributed by atoms with Gasteiger partial charge in [0.2, 0.25) is 0 Å². The van der Waals surface area contributed by atoms with Gasteiger partial charge in [-0.15, -0.1) is 11.3 Å². The molecule has 2 rings (SSSR count). The van der Waals surface area contributed by atoms with Crippen LogP contribution in [0.2, 0.25) is 4.34 Å². The monoisotopic (exact) mass is 316 g/mol. The normalized spacial score (nSPS) is 18.9. The van der Waals surface area contributed by atoms with Gasteiger partial charge < -0.3 is 15.3 Å². The number of rotatable bonds is 4. The van der Waals surface area contributed by atoms with Crippen molar-refractivity contribution in [2.45, 2.75) is 31.7 Å². The van der Waals surface area contributed by atoms with E-state index in [-0.39, 0.29) is 6.03 Å². The summed E-state index contributed by atoms with van der Waals surface area (Å²) in [5, 5.41) is 11.9. The summed E-state index contributed by atoms with van der Waals surface area (Å²) in [4.78, 5) is 25.7. The summed E-state index contributed by atoms with van der Waals surface area (Å²) < 4.78 is 0.730. The second-order valence-corrected chi connectivity index (χ2v) is 6.53. The van der Waals surface area contributed by atoms with Crippen molar-refractivity contribution in [1.82, 2.24) is 10.2 Å². The van der Waals surface area contributed by atoms with Crippen LogP contribution < -0.4 is 5.32 Å². The minimum Gasteiger partial charge on any atom is -0.480 e. The molecule has 0 saturated carbocycles. The number of amides is 2. The second-order valence-electron chi connectivity index (χ2n) is 4.73. The number of aliphatic carboxylic acids is 1. The molecular weight excluding hydrogens is 300 g/mol. The van der Waals surface area contributed by atoms with Crippen LogP contribution in [0.4, 0.5) is 4.79 Å². The molecule has 0 spiro atoms. The van der Waals surface area contributed by atoms with E-state index < -0.39 is 12.0 Å². The molecule has 0 aromatic carbocycles. The van der Waals surface area contributed by atoms with Gasteiger partial charge in [0, 0.05) is 18.0 Å². The topological polar surface area (TPSA) is 69.6 Å². The third kappa shape index (κ3) is 3.86. The molecule has 5 nitrogen and oxygen atoms in total. The van der Waals surface area contributed by atoms with E-state index in [1.54, 1.807) is 0 Å².